The Morgan fingerprint density at radius 1 is 1.37 bits per heavy atom. The largest absolute Gasteiger partial charge is 0.324 e. The molecule has 1 amide bonds. The predicted molar refractivity (Wildman–Crippen MR) is 76.0 cm³/mol. The van der Waals surface area contributed by atoms with Crippen molar-refractivity contribution >= 4 is 27.5 Å². The van der Waals surface area contributed by atoms with Crippen LogP contribution in [-0.2, 0) is 11.3 Å². The van der Waals surface area contributed by atoms with Gasteiger partial charge in [0.25, 0.3) is 5.56 Å². The lowest BCUT2D eigenvalue weighted by molar-refractivity contribution is -0.117. The molecule has 1 aromatic carbocycles. The Bertz CT molecular complexity index is 667. The van der Waals surface area contributed by atoms with E-state index in [0.29, 0.717) is 11.4 Å². The van der Waals surface area contributed by atoms with E-state index in [1.54, 1.807) is 25.1 Å². The van der Waals surface area contributed by atoms with E-state index < -0.39 is 0 Å². The molecular formula is C13H12BrN3O2. The smallest absolute Gasteiger partial charge is 0.267 e. The summed E-state index contributed by atoms with van der Waals surface area (Å²) in [6.07, 6.45) is 0. The van der Waals surface area contributed by atoms with Gasteiger partial charge in [0.1, 0.15) is 6.54 Å². The molecule has 1 heterocycles. The summed E-state index contributed by atoms with van der Waals surface area (Å²) in [5, 5.41) is 6.72. The highest BCUT2D eigenvalue weighted by Gasteiger charge is 2.06. The molecule has 0 unspecified atom stereocenters. The minimum atomic E-state index is -0.296. The van der Waals surface area contributed by atoms with Crippen molar-refractivity contribution in [3.63, 3.8) is 0 Å². The van der Waals surface area contributed by atoms with Crippen molar-refractivity contribution in [2.45, 2.75) is 13.5 Å². The average molecular weight is 322 g/mol. The minimum Gasteiger partial charge on any atom is -0.324 e. The monoisotopic (exact) mass is 321 g/mol. The SMILES string of the molecule is Cc1ccc(=O)n(CC(=O)Nc2cccc(Br)c2)n1. The van der Waals surface area contributed by atoms with E-state index in [4.69, 9.17) is 0 Å². The molecule has 0 aliphatic carbocycles. The Labute approximate surface area is 118 Å². The minimum absolute atomic E-state index is 0.104. The van der Waals surface area contributed by atoms with Crippen LogP contribution in [0.5, 0.6) is 0 Å². The van der Waals surface area contributed by atoms with E-state index in [0.717, 1.165) is 9.15 Å². The molecule has 0 bridgehead atoms. The van der Waals surface area contributed by atoms with Crippen LogP contribution in [-0.4, -0.2) is 15.7 Å². The number of halogens is 1. The maximum absolute atomic E-state index is 11.8. The van der Waals surface area contributed by atoms with Gasteiger partial charge >= 0.3 is 0 Å². The van der Waals surface area contributed by atoms with Crippen molar-refractivity contribution in [3.8, 4) is 0 Å². The van der Waals surface area contributed by atoms with Gasteiger partial charge in [0.05, 0.1) is 5.69 Å². The number of aromatic nitrogens is 2. The summed E-state index contributed by atoms with van der Waals surface area (Å²) in [6, 6.07) is 10.2. The Kier molecular flexibility index (Phi) is 4.11. The second-order valence-electron chi connectivity index (χ2n) is 4.03. The van der Waals surface area contributed by atoms with Crippen LogP contribution < -0.4 is 10.9 Å². The lowest BCUT2D eigenvalue weighted by Crippen LogP contribution is -2.29. The summed E-state index contributed by atoms with van der Waals surface area (Å²) < 4.78 is 2.01. The van der Waals surface area contributed by atoms with Crippen LogP contribution >= 0.6 is 15.9 Å². The zero-order valence-corrected chi connectivity index (χ0v) is 11.8. The lowest BCUT2D eigenvalue weighted by atomic mass is 10.3. The van der Waals surface area contributed by atoms with Crippen LogP contribution in [0.15, 0.2) is 45.7 Å². The summed E-state index contributed by atoms with van der Waals surface area (Å²) >= 11 is 3.32. The first kappa shape index (κ1) is 13.5. The van der Waals surface area contributed by atoms with Gasteiger partial charge < -0.3 is 5.32 Å². The first-order valence-electron chi connectivity index (χ1n) is 5.65. The molecule has 1 aromatic heterocycles. The molecule has 0 fully saturated rings. The van der Waals surface area contributed by atoms with E-state index in [-0.39, 0.29) is 18.0 Å². The fourth-order valence-electron chi connectivity index (χ4n) is 1.57. The fourth-order valence-corrected chi connectivity index (χ4v) is 1.97. The number of nitrogens with one attached hydrogen (secondary N) is 1. The second-order valence-corrected chi connectivity index (χ2v) is 4.94. The quantitative estimate of drug-likeness (QED) is 0.939. The van der Waals surface area contributed by atoms with Crippen LogP contribution in [0.25, 0.3) is 0 Å². The van der Waals surface area contributed by atoms with Gasteiger partial charge in [0, 0.05) is 16.2 Å². The number of carbonyl (C=O) groups is 1. The van der Waals surface area contributed by atoms with Crippen molar-refractivity contribution in [2.24, 2.45) is 0 Å². The van der Waals surface area contributed by atoms with Crippen molar-refractivity contribution in [1.29, 1.82) is 0 Å². The summed E-state index contributed by atoms with van der Waals surface area (Å²) in [7, 11) is 0. The molecule has 2 rings (SSSR count). The van der Waals surface area contributed by atoms with Gasteiger partial charge in [-0.15, -0.1) is 0 Å². The molecule has 0 radical (unpaired) electrons. The van der Waals surface area contributed by atoms with Gasteiger partial charge in [0.15, 0.2) is 0 Å². The van der Waals surface area contributed by atoms with Crippen LogP contribution in [0.2, 0.25) is 0 Å². The number of hydrogen-bond acceptors (Lipinski definition) is 3. The van der Waals surface area contributed by atoms with Gasteiger partial charge in [-0.1, -0.05) is 22.0 Å². The highest BCUT2D eigenvalue weighted by Crippen LogP contribution is 2.15. The molecule has 5 nitrogen and oxygen atoms in total. The standard InChI is InChI=1S/C13H12BrN3O2/c1-9-5-6-13(19)17(16-9)8-12(18)15-11-4-2-3-10(14)7-11/h2-7H,8H2,1H3,(H,15,18). The van der Waals surface area contributed by atoms with E-state index in [9.17, 15) is 9.59 Å². The molecular weight excluding hydrogens is 310 g/mol. The van der Waals surface area contributed by atoms with Crippen molar-refractivity contribution in [1.82, 2.24) is 9.78 Å². The lowest BCUT2D eigenvalue weighted by Gasteiger charge is -2.07. The molecule has 0 saturated heterocycles. The number of carbonyl (C=O) groups excluding carboxylic acids is 1. The van der Waals surface area contributed by atoms with Crippen LogP contribution in [0.1, 0.15) is 5.69 Å². The highest BCUT2D eigenvalue weighted by atomic mass is 79.9. The molecule has 1 N–H and O–H groups in total. The number of nitrogens with zero attached hydrogens (tertiary/aromatic N) is 2. The van der Waals surface area contributed by atoms with Crippen LogP contribution in [0, 0.1) is 6.92 Å². The zero-order chi connectivity index (χ0) is 13.8. The Morgan fingerprint density at radius 3 is 2.89 bits per heavy atom. The summed E-state index contributed by atoms with van der Waals surface area (Å²) in [4.78, 5) is 23.4. The topological polar surface area (TPSA) is 64.0 Å². The molecule has 19 heavy (non-hydrogen) atoms. The van der Waals surface area contributed by atoms with E-state index >= 15 is 0 Å². The Balaban J connectivity index is 2.09. The van der Waals surface area contributed by atoms with Crippen molar-refractivity contribution < 1.29 is 4.79 Å². The van der Waals surface area contributed by atoms with E-state index in [1.807, 2.05) is 12.1 Å². The molecule has 0 aliphatic heterocycles. The maximum atomic E-state index is 11.8. The van der Waals surface area contributed by atoms with Crippen LogP contribution in [0.3, 0.4) is 0 Å². The van der Waals surface area contributed by atoms with Crippen LogP contribution in [0.4, 0.5) is 5.69 Å². The third kappa shape index (κ3) is 3.75. The second kappa shape index (κ2) is 5.79. The molecule has 0 atom stereocenters. The number of benzene rings is 1. The molecule has 2 aromatic rings. The van der Waals surface area contributed by atoms with Gasteiger partial charge in [-0.05, 0) is 31.2 Å². The Morgan fingerprint density at radius 2 is 2.16 bits per heavy atom. The summed E-state index contributed by atoms with van der Waals surface area (Å²) in [5.74, 6) is -0.293. The first-order chi connectivity index (χ1) is 9.04. The number of anilines is 1. The number of aryl methyl sites for hydroxylation is 1. The zero-order valence-electron chi connectivity index (χ0n) is 10.3. The highest BCUT2D eigenvalue weighted by molar-refractivity contribution is 9.10. The van der Waals surface area contributed by atoms with Crippen molar-refractivity contribution in [2.75, 3.05) is 5.32 Å². The van der Waals surface area contributed by atoms with E-state index in [1.165, 1.54) is 6.07 Å². The molecule has 6 heteroatoms. The number of amides is 1. The average Bonchev–Trinajstić information content (AvgIpc) is 2.34. The predicted octanol–water partition coefficient (Wildman–Crippen LogP) is 1.95. The summed E-state index contributed by atoms with van der Waals surface area (Å²) in [5.41, 5.74) is 1.06. The molecule has 98 valence electrons. The van der Waals surface area contributed by atoms with Crippen molar-refractivity contribution in [3.05, 3.63) is 56.9 Å². The molecule has 0 aliphatic rings. The number of rotatable bonds is 3. The molecule has 0 saturated carbocycles. The van der Waals surface area contributed by atoms with Gasteiger partial charge in [0.2, 0.25) is 5.91 Å². The fraction of sp³-hybridized carbons (Fsp3) is 0.154. The van der Waals surface area contributed by atoms with Gasteiger partial charge in [-0.25, -0.2) is 4.68 Å². The Hall–Kier alpha value is -1.95. The maximum Gasteiger partial charge on any atom is 0.267 e. The number of hydrogen-bond donors (Lipinski definition) is 1. The van der Waals surface area contributed by atoms with Gasteiger partial charge in [-0.3, -0.25) is 9.59 Å². The summed E-state index contributed by atoms with van der Waals surface area (Å²) in [6.45, 7) is 1.66. The third-order valence-electron chi connectivity index (χ3n) is 2.40. The molecule has 0 spiro atoms. The first-order valence-corrected chi connectivity index (χ1v) is 6.44. The normalized spacial score (nSPS) is 10.2. The third-order valence-corrected chi connectivity index (χ3v) is 2.89. The van der Waals surface area contributed by atoms with E-state index in [2.05, 4.69) is 26.3 Å². The van der Waals surface area contributed by atoms with Gasteiger partial charge in [-0.2, -0.15) is 5.10 Å².